The van der Waals surface area contributed by atoms with Crippen LogP contribution in [-0.2, 0) is 16.0 Å². The zero-order valence-electron chi connectivity index (χ0n) is 25.1. The van der Waals surface area contributed by atoms with Crippen LogP contribution in [0.4, 0.5) is 5.69 Å². The number of anilines is 1. The lowest BCUT2D eigenvalue weighted by molar-refractivity contribution is -0.147. The van der Waals surface area contributed by atoms with Gasteiger partial charge < -0.3 is 14.8 Å². The second-order valence-electron chi connectivity index (χ2n) is 13.3. The van der Waals surface area contributed by atoms with Gasteiger partial charge in [0.1, 0.15) is 11.7 Å². The molecule has 0 radical (unpaired) electrons. The summed E-state index contributed by atoms with van der Waals surface area (Å²) >= 11 is 0. The Kier molecular flexibility index (Phi) is 6.19. The van der Waals surface area contributed by atoms with Gasteiger partial charge in [-0.25, -0.2) is 4.98 Å². The van der Waals surface area contributed by atoms with Crippen LogP contribution in [0.25, 0.3) is 21.8 Å². The molecule has 1 atom stereocenters. The van der Waals surface area contributed by atoms with E-state index in [-0.39, 0.29) is 23.3 Å². The molecule has 2 aromatic heterocycles. The van der Waals surface area contributed by atoms with Crippen molar-refractivity contribution in [3.63, 3.8) is 0 Å². The molecule has 3 amide bonds. The van der Waals surface area contributed by atoms with Crippen molar-refractivity contribution in [2.24, 2.45) is 5.41 Å². The van der Waals surface area contributed by atoms with E-state index in [0.29, 0.717) is 36.4 Å². The Morgan fingerprint density at radius 3 is 2.57 bits per heavy atom. The highest BCUT2D eigenvalue weighted by molar-refractivity contribution is 6.27. The molecule has 3 fully saturated rings. The average molecular weight is 588 g/mol. The van der Waals surface area contributed by atoms with Gasteiger partial charge in [-0.2, -0.15) is 0 Å². The number of benzene rings is 2. The van der Waals surface area contributed by atoms with Crippen molar-refractivity contribution in [2.75, 3.05) is 18.0 Å². The van der Waals surface area contributed by atoms with Crippen molar-refractivity contribution in [1.29, 1.82) is 0 Å². The van der Waals surface area contributed by atoms with Gasteiger partial charge >= 0.3 is 0 Å². The molecule has 3 aliphatic heterocycles. The molecular formula is C36H37N5O3. The topological polar surface area (TPSA) is 87.5 Å². The number of amides is 3. The molecule has 2 saturated heterocycles. The summed E-state index contributed by atoms with van der Waals surface area (Å²) in [7, 11) is 0. The molecule has 1 aliphatic carbocycles. The normalized spacial score (nSPS) is 21.7. The van der Waals surface area contributed by atoms with E-state index in [1.807, 2.05) is 30.5 Å². The molecule has 0 bridgehead atoms. The average Bonchev–Trinajstić information content (AvgIpc) is 3.53. The van der Waals surface area contributed by atoms with Gasteiger partial charge in [0, 0.05) is 65.4 Å². The Morgan fingerprint density at radius 2 is 1.82 bits per heavy atom. The Bertz CT molecular complexity index is 1880. The van der Waals surface area contributed by atoms with E-state index < -0.39 is 6.04 Å². The minimum atomic E-state index is -0.545. The number of carbonyl (C=O) groups is 3. The van der Waals surface area contributed by atoms with Gasteiger partial charge in [0.25, 0.3) is 5.91 Å². The number of hydrogen-bond donors (Lipinski definition) is 1. The van der Waals surface area contributed by atoms with Crippen LogP contribution in [0.2, 0.25) is 0 Å². The summed E-state index contributed by atoms with van der Waals surface area (Å²) in [5, 5.41) is 5.94. The van der Waals surface area contributed by atoms with Crippen LogP contribution in [0.15, 0.2) is 67.1 Å². The Labute approximate surface area is 256 Å². The van der Waals surface area contributed by atoms with Crippen LogP contribution >= 0.6 is 0 Å². The molecule has 1 unspecified atom stereocenters. The third-order valence-electron chi connectivity index (χ3n) is 10.6. The number of pyridine rings is 1. The van der Waals surface area contributed by atoms with Gasteiger partial charge in [-0.05, 0) is 79.3 Å². The number of nitrogens with one attached hydrogen (secondary N) is 1. The standard InChI is InChI=1S/C36H37N5O3/c1-22-9-11-30(33(42)38-22)41-29-12-10-23(26-6-3-7-28(31(26)29)34(41)43)20-24-21-40(32-27(24)8-4-17-37-32)25-13-18-39(19-14-25)35(44)36(2)15-5-16-36/h3-4,6-8,10,12,17,21,25,30H,1,5,9,11,13-16,18-20H2,2H3,(H,38,42). The highest BCUT2D eigenvalue weighted by Crippen LogP contribution is 2.44. The first-order valence-electron chi connectivity index (χ1n) is 15.9. The summed E-state index contributed by atoms with van der Waals surface area (Å²) in [5.74, 6) is 0.0387. The van der Waals surface area contributed by atoms with Crippen LogP contribution in [0.3, 0.4) is 0 Å². The van der Waals surface area contributed by atoms with Crippen molar-refractivity contribution in [3.05, 3.63) is 83.8 Å². The van der Waals surface area contributed by atoms with E-state index in [2.05, 4.69) is 52.7 Å². The number of rotatable bonds is 5. The SMILES string of the molecule is C=C1CCC(N2C(=O)c3cccc4c(Cc5cn(C6CCN(C(=O)C7(C)CCC7)CC6)c6ncccc56)ccc2c34)C(=O)N1. The van der Waals surface area contributed by atoms with E-state index >= 15 is 0 Å². The molecular weight excluding hydrogens is 550 g/mol. The molecule has 2 aromatic carbocycles. The maximum atomic E-state index is 13.7. The van der Waals surface area contributed by atoms with Gasteiger partial charge in [0.05, 0.1) is 5.69 Å². The van der Waals surface area contributed by atoms with Gasteiger partial charge in [0.15, 0.2) is 0 Å². The third-order valence-corrected chi connectivity index (χ3v) is 10.6. The number of hydrogen-bond acceptors (Lipinski definition) is 4. The van der Waals surface area contributed by atoms with Crippen LogP contribution in [0.1, 0.15) is 79.4 Å². The summed E-state index contributed by atoms with van der Waals surface area (Å²) in [4.78, 5) is 48.3. The summed E-state index contributed by atoms with van der Waals surface area (Å²) in [5.41, 5.74) is 5.32. The summed E-state index contributed by atoms with van der Waals surface area (Å²) in [6, 6.07) is 13.9. The van der Waals surface area contributed by atoms with Crippen molar-refractivity contribution >= 4 is 45.2 Å². The summed E-state index contributed by atoms with van der Waals surface area (Å²) in [6.07, 6.45) is 11.0. The molecule has 1 N–H and O–H groups in total. The molecule has 8 rings (SSSR count). The van der Waals surface area contributed by atoms with Crippen molar-refractivity contribution in [2.45, 2.75) is 70.4 Å². The number of allylic oxidation sites excluding steroid dienone is 1. The molecule has 8 nitrogen and oxygen atoms in total. The second kappa shape index (κ2) is 10.0. The molecule has 4 aliphatic rings. The first-order valence-corrected chi connectivity index (χ1v) is 15.9. The maximum Gasteiger partial charge on any atom is 0.259 e. The van der Waals surface area contributed by atoms with Crippen LogP contribution < -0.4 is 10.2 Å². The number of carbonyl (C=O) groups excluding carboxylic acids is 3. The largest absolute Gasteiger partial charge is 0.342 e. The number of nitrogens with zero attached hydrogens (tertiary/aromatic N) is 4. The van der Waals surface area contributed by atoms with Crippen LogP contribution in [0, 0.1) is 5.41 Å². The lowest BCUT2D eigenvalue weighted by atomic mass is 9.69. The van der Waals surface area contributed by atoms with Crippen molar-refractivity contribution in [1.82, 2.24) is 19.8 Å². The highest BCUT2D eigenvalue weighted by Gasteiger charge is 2.43. The summed E-state index contributed by atoms with van der Waals surface area (Å²) in [6.45, 7) is 7.59. The molecule has 5 heterocycles. The Morgan fingerprint density at radius 1 is 1.02 bits per heavy atom. The van der Waals surface area contributed by atoms with Gasteiger partial charge in [-0.1, -0.05) is 38.1 Å². The molecule has 0 spiro atoms. The van der Waals surface area contributed by atoms with Crippen LogP contribution in [0.5, 0.6) is 0 Å². The second-order valence-corrected chi connectivity index (χ2v) is 13.3. The predicted octanol–water partition coefficient (Wildman–Crippen LogP) is 5.89. The monoisotopic (exact) mass is 587 g/mol. The van der Waals surface area contributed by atoms with Gasteiger partial charge in [-0.15, -0.1) is 0 Å². The first kappa shape index (κ1) is 27.1. The van der Waals surface area contributed by atoms with E-state index in [1.165, 1.54) is 5.56 Å². The van der Waals surface area contributed by atoms with Crippen LogP contribution in [-0.4, -0.2) is 51.3 Å². The fourth-order valence-corrected chi connectivity index (χ4v) is 7.96. The van der Waals surface area contributed by atoms with Gasteiger partial charge in [-0.3, -0.25) is 19.3 Å². The third kappa shape index (κ3) is 4.10. The molecule has 1 saturated carbocycles. The fraction of sp³-hybridized carbons (Fsp3) is 0.389. The Hall–Kier alpha value is -4.46. The van der Waals surface area contributed by atoms with E-state index in [0.717, 1.165) is 78.3 Å². The van der Waals surface area contributed by atoms with Crippen molar-refractivity contribution < 1.29 is 14.4 Å². The quantitative estimate of drug-likeness (QED) is 0.316. The van der Waals surface area contributed by atoms with E-state index in [4.69, 9.17) is 4.98 Å². The molecule has 4 aromatic rings. The number of likely N-dealkylation sites (tertiary alicyclic amines) is 1. The zero-order chi connectivity index (χ0) is 30.2. The molecule has 224 valence electrons. The Balaban J connectivity index is 1.10. The van der Waals surface area contributed by atoms with Crippen molar-refractivity contribution in [3.8, 4) is 0 Å². The lowest BCUT2D eigenvalue weighted by Gasteiger charge is -2.43. The molecule has 8 heteroatoms. The maximum absolute atomic E-state index is 13.7. The lowest BCUT2D eigenvalue weighted by Crippen LogP contribution is -2.51. The first-order chi connectivity index (χ1) is 21.3. The number of fused-ring (bicyclic) bond motifs is 1. The van der Waals surface area contributed by atoms with Gasteiger partial charge in [0.2, 0.25) is 11.8 Å². The predicted molar refractivity (Wildman–Crippen MR) is 170 cm³/mol. The number of aromatic nitrogens is 2. The van der Waals surface area contributed by atoms with E-state index in [1.54, 1.807) is 4.90 Å². The summed E-state index contributed by atoms with van der Waals surface area (Å²) < 4.78 is 2.33. The smallest absolute Gasteiger partial charge is 0.259 e. The minimum Gasteiger partial charge on any atom is -0.342 e. The number of piperidine rings is 2. The fourth-order valence-electron chi connectivity index (χ4n) is 7.96. The zero-order valence-corrected chi connectivity index (χ0v) is 25.1. The minimum absolute atomic E-state index is 0.118. The van der Waals surface area contributed by atoms with E-state index in [9.17, 15) is 14.4 Å². The highest BCUT2D eigenvalue weighted by atomic mass is 16.2. The molecule has 44 heavy (non-hydrogen) atoms.